The summed E-state index contributed by atoms with van der Waals surface area (Å²) in [5.74, 6) is -1.03. The van der Waals surface area contributed by atoms with Gasteiger partial charge in [-0.15, -0.1) is 0 Å². The van der Waals surface area contributed by atoms with Crippen molar-refractivity contribution in [2.75, 3.05) is 0 Å². The molecule has 24 heavy (non-hydrogen) atoms. The molecule has 0 aliphatic rings. The van der Waals surface area contributed by atoms with Crippen LogP contribution < -0.4 is 0 Å². The van der Waals surface area contributed by atoms with Crippen molar-refractivity contribution in [3.05, 3.63) is 68.8 Å². The van der Waals surface area contributed by atoms with E-state index in [1.54, 1.807) is 28.9 Å². The summed E-state index contributed by atoms with van der Waals surface area (Å²) in [6, 6.07) is 10.6. The average Bonchev–Trinajstić information content (AvgIpc) is 2.85. The minimum Gasteiger partial charge on any atom is -0.478 e. The first-order valence-corrected chi connectivity index (χ1v) is 8.08. The minimum atomic E-state index is -1.03. The van der Waals surface area contributed by atoms with Gasteiger partial charge in [0, 0.05) is 26.5 Å². The van der Waals surface area contributed by atoms with Crippen LogP contribution in [0.3, 0.4) is 0 Å². The third-order valence-electron chi connectivity index (χ3n) is 3.46. The van der Waals surface area contributed by atoms with Crippen LogP contribution in [0.4, 0.5) is 0 Å². The van der Waals surface area contributed by atoms with E-state index in [4.69, 9.17) is 39.9 Å². The molecule has 0 bridgehead atoms. The van der Waals surface area contributed by atoms with Gasteiger partial charge in [0.05, 0.1) is 17.8 Å². The number of nitrogens with zero attached hydrogens (tertiary/aromatic N) is 2. The van der Waals surface area contributed by atoms with E-state index >= 15 is 0 Å². The summed E-state index contributed by atoms with van der Waals surface area (Å²) in [4.78, 5) is 10.8. The van der Waals surface area contributed by atoms with E-state index in [9.17, 15) is 4.79 Å². The lowest BCUT2D eigenvalue weighted by atomic mass is 10.2. The number of hydrogen-bond acceptors (Lipinski definition) is 2. The molecule has 1 N–H and O–H groups in total. The fourth-order valence-corrected chi connectivity index (χ4v) is 3.01. The van der Waals surface area contributed by atoms with Gasteiger partial charge in [-0.05, 0) is 42.0 Å². The second kappa shape index (κ2) is 6.85. The lowest BCUT2D eigenvalue weighted by Crippen LogP contribution is -2.02. The van der Waals surface area contributed by atoms with Crippen molar-refractivity contribution < 1.29 is 9.90 Å². The molecule has 3 aromatic rings. The molecule has 0 radical (unpaired) electrons. The van der Waals surface area contributed by atoms with Crippen LogP contribution in [0.25, 0.3) is 17.0 Å². The fourth-order valence-electron chi connectivity index (χ4n) is 2.38. The highest BCUT2D eigenvalue weighted by molar-refractivity contribution is 6.35. The molecule has 0 aliphatic heterocycles. The van der Waals surface area contributed by atoms with E-state index in [-0.39, 0.29) is 0 Å². The highest BCUT2D eigenvalue weighted by atomic mass is 35.5. The van der Waals surface area contributed by atoms with Gasteiger partial charge < -0.3 is 5.11 Å². The molecule has 3 rings (SSSR count). The number of halogens is 3. The third kappa shape index (κ3) is 3.56. The van der Waals surface area contributed by atoms with Crippen molar-refractivity contribution in [3.63, 3.8) is 0 Å². The van der Waals surface area contributed by atoms with Gasteiger partial charge in [0.1, 0.15) is 0 Å². The first-order chi connectivity index (χ1) is 11.4. The van der Waals surface area contributed by atoms with Crippen molar-refractivity contribution >= 4 is 57.8 Å². The molecule has 0 fully saturated rings. The van der Waals surface area contributed by atoms with Gasteiger partial charge in [0.15, 0.2) is 0 Å². The van der Waals surface area contributed by atoms with Gasteiger partial charge in [-0.25, -0.2) is 4.79 Å². The lowest BCUT2D eigenvalue weighted by molar-refractivity contribution is -0.131. The Morgan fingerprint density at radius 3 is 2.54 bits per heavy atom. The highest BCUT2D eigenvalue weighted by Gasteiger charge is 2.11. The molecule has 0 saturated heterocycles. The normalized spacial score (nSPS) is 11.5. The zero-order valence-corrected chi connectivity index (χ0v) is 14.5. The quantitative estimate of drug-likeness (QED) is 0.636. The summed E-state index contributed by atoms with van der Waals surface area (Å²) >= 11 is 18.2. The van der Waals surface area contributed by atoms with E-state index in [0.717, 1.165) is 22.5 Å². The number of aromatic nitrogens is 2. The van der Waals surface area contributed by atoms with Gasteiger partial charge >= 0.3 is 5.97 Å². The predicted octanol–water partition coefficient (Wildman–Crippen LogP) is 5.14. The second-order valence-electron chi connectivity index (χ2n) is 5.11. The Kier molecular flexibility index (Phi) is 4.81. The molecule has 0 atom stereocenters. The maximum atomic E-state index is 10.8. The number of benzene rings is 2. The molecular weight excluding hydrogens is 371 g/mol. The van der Waals surface area contributed by atoms with Crippen LogP contribution in [0.15, 0.2) is 42.5 Å². The zero-order chi connectivity index (χ0) is 17.3. The van der Waals surface area contributed by atoms with Gasteiger partial charge in [-0.1, -0.05) is 40.9 Å². The Morgan fingerprint density at radius 1 is 1.12 bits per heavy atom. The lowest BCUT2D eigenvalue weighted by Gasteiger charge is -2.06. The predicted molar refractivity (Wildman–Crippen MR) is 97.0 cm³/mol. The summed E-state index contributed by atoms with van der Waals surface area (Å²) in [6.07, 6.45) is 2.51. The number of aliphatic carboxylic acids is 1. The first-order valence-electron chi connectivity index (χ1n) is 6.95. The average molecular weight is 382 g/mol. The molecule has 4 nitrogen and oxygen atoms in total. The molecule has 0 spiro atoms. The van der Waals surface area contributed by atoms with Crippen LogP contribution >= 0.6 is 34.8 Å². The van der Waals surface area contributed by atoms with Crippen molar-refractivity contribution in [3.8, 4) is 0 Å². The standard InChI is InChI=1S/C17H11Cl3N2O2/c18-11-2-1-10(14(20)7-11)9-22-16-8-12(19)3-4-13(16)15(21-22)5-6-17(23)24/h1-8H,9H2,(H,23,24)/b6-5+. The number of rotatable bonds is 4. The summed E-state index contributed by atoms with van der Waals surface area (Å²) in [5.41, 5.74) is 2.19. The number of fused-ring (bicyclic) bond motifs is 1. The van der Waals surface area contributed by atoms with E-state index in [1.165, 1.54) is 6.08 Å². The van der Waals surface area contributed by atoms with Crippen molar-refractivity contribution in [2.45, 2.75) is 6.54 Å². The summed E-state index contributed by atoms with van der Waals surface area (Å²) in [6.45, 7) is 0.410. The minimum absolute atomic E-state index is 0.410. The van der Waals surface area contributed by atoms with Crippen LogP contribution in [0.1, 0.15) is 11.3 Å². The van der Waals surface area contributed by atoms with Crippen molar-refractivity contribution in [1.29, 1.82) is 0 Å². The monoisotopic (exact) mass is 380 g/mol. The van der Waals surface area contributed by atoms with Crippen LogP contribution in [0, 0.1) is 0 Å². The second-order valence-corrected chi connectivity index (χ2v) is 6.39. The molecule has 0 aliphatic carbocycles. The van der Waals surface area contributed by atoms with E-state index in [0.29, 0.717) is 27.3 Å². The third-order valence-corrected chi connectivity index (χ3v) is 4.28. The SMILES string of the molecule is O=C(O)/C=C/c1nn(Cc2ccc(Cl)cc2Cl)c2cc(Cl)ccc12. The maximum Gasteiger partial charge on any atom is 0.328 e. The van der Waals surface area contributed by atoms with Crippen molar-refractivity contribution in [2.24, 2.45) is 0 Å². The first kappa shape index (κ1) is 16.8. The van der Waals surface area contributed by atoms with Crippen LogP contribution in [-0.2, 0) is 11.3 Å². The zero-order valence-electron chi connectivity index (χ0n) is 12.2. The van der Waals surface area contributed by atoms with Gasteiger partial charge in [0.25, 0.3) is 0 Å². The van der Waals surface area contributed by atoms with Crippen LogP contribution in [-0.4, -0.2) is 20.9 Å². The van der Waals surface area contributed by atoms with Crippen LogP contribution in [0.5, 0.6) is 0 Å². The molecule has 0 saturated carbocycles. The number of carboxylic acid groups (broad SMARTS) is 1. The Hall–Kier alpha value is -2.01. The maximum absolute atomic E-state index is 10.8. The Bertz CT molecular complexity index is 964. The van der Waals surface area contributed by atoms with E-state index in [1.807, 2.05) is 12.1 Å². The van der Waals surface area contributed by atoms with Crippen molar-refractivity contribution in [1.82, 2.24) is 9.78 Å². The number of hydrogen-bond donors (Lipinski definition) is 1. The summed E-state index contributed by atoms with van der Waals surface area (Å²) in [5, 5.41) is 15.8. The fraction of sp³-hybridized carbons (Fsp3) is 0.0588. The van der Waals surface area contributed by atoms with Crippen LogP contribution in [0.2, 0.25) is 15.1 Å². The van der Waals surface area contributed by atoms with E-state index in [2.05, 4.69) is 5.10 Å². The van der Waals surface area contributed by atoms with E-state index < -0.39 is 5.97 Å². The van der Waals surface area contributed by atoms with Gasteiger partial charge in [-0.2, -0.15) is 5.10 Å². The number of carboxylic acids is 1. The summed E-state index contributed by atoms with van der Waals surface area (Å²) in [7, 11) is 0. The molecule has 122 valence electrons. The Balaban J connectivity index is 2.09. The molecule has 0 amide bonds. The van der Waals surface area contributed by atoms with Gasteiger partial charge in [0.2, 0.25) is 0 Å². The molecule has 7 heteroatoms. The summed E-state index contributed by atoms with van der Waals surface area (Å²) < 4.78 is 1.73. The molecule has 1 heterocycles. The highest BCUT2D eigenvalue weighted by Crippen LogP contribution is 2.27. The molecule has 2 aromatic carbocycles. The molecular formula is C17H11Cl3N2O2. The Labute approximate surface area is 152 Å². The largest absolute Gasteiger partial charge is 0.478 e. The topological polar surface area (TPSA) is 55.1 Å². The molecule has 0 unspecified atom stereocenters. The molecule has 1 aromatic heterocycles. The Morgan fingerprint density at radius 2 is 1.83 bits per heavy atom. The number of carbonyl (C=O) groups is 1. The smallest absolute Gasteiger partial charge is 0.328 e. The van der Waals surface area contributed by atoms with Gasteiger partial charge in [-0.3, -0.25) is 4.68 Å².